The molecule has 1 aliphatic carbocycles. The summed E-state index contributed by atoms with van der Waals surface area (Å²) in [6.45, 7) is 9.18. The van der Waals surface area contributed by atoms with Gasteiger partial charge in [-0.05, 0) is 64.5 Å². The number of likely N-dealkylation sites (tertiary alicyclic amines) is 1. The van der Waals surface area contributed by atoms with E-state index in [2.05, 4.69) is 15.2 Å². The van der Waals surface area contributed by atoms with E-state index in [1.54, 1.807) is 6.26 Å². The predicted molar refractivity (Wildman–Crippen MR) is 114 cm³/mol. The minimum absolute atomic E-state index is 0.163. The molecule has 2 aliphatic rings. The maximum absolute atomic E-state index is 12.8. The molecular weight excluding hydrogens is 368 g/mol. The summed E-state index contributed by atoms with van der Waals surface area (Å²) in [5, 5.41) is 3.43. The van der Waals surface area contributed by atoms with Gasteiger partial charge in [-0.25, -0.2) is 4.79 Å². The molecule has 29 heavy (non-hydrogen) atoms. The normalized spacial score (nSPS) is 18.6. The number of hydrogen-bond acceptors (Lipinski definition) is 4. The molecule has 1 saturated heterocycles. The Morgan fingerprint density at radius 3 is 2.59 bits per heavy atom. The molecule has 3 rings (SSSR count). The van der Waals surface area contributed by atoms with Gasteiger partial charge in [-0.3, -0.25) is 4.99 Å². The van der Waals surface area contributed by atoms with Gasteiger partial charge in [0.1, 0.15) is 11.4 Å². The molecule has 1 aromatic rings. The summed E-state index contributed by atoms with van der Waals surface area (Å²) >= 11 is 0. The quantitative estimate of drug-likeness (QED) is 0.580. The van der Waals surface area contributed by atoms with Crippen molar-refractivity contribution in [2.75, 3.05) is 33.2 Å². The summed E-state index contributed by atoms with van der Waals surface area (Å²) in [5.74, 6) is 2.54. The van der Waals surface area contributed by atoms with Gasteiger partial charge in [0.05, 0.1) is 6.26 Å². The number of furan rings is 1. The second-order valence-corrected chi connectivity index (χ2v) is 9.10. The molecular formula is C22H36N4O3. The first-order valence-electron chi connectivity index (χ1n) is 10.8. The number of nitrogens with zero attached hydrogens (tertiary/aromatic N) is 3. The molecule has 162 valence electrons. The van der Waals surface area contributed by atoms with Crippen LogP contribution in [0.25, 0.3) is 0 Å². The fourth-order valence-electron chi connectivity index (χ4n) is 3.75. The van der Waals surface area contributed by atoms with E-state index in [4.69, 9.17) is 9.15 Å². The Morgan fingerprint density at radius 1 is 1.31 bits per heavy atom. The fraction of sp³-hybridized carbons (Fsp3) is 0.727. The van der Waals surface area contributed by atoms with Gasteiger partial charge in [0.15, 0.2) is 5.96 Å². The molecule has 0 radical (unpaired) electrons. The average Bonchev–Trinajstić information content (AvgIpc) is 3.35. The first kappa shape index (κ1) is 21.5. The zero-order valence-electron chi connectivity index (χ0n) is 18.3. The molecule has 0 atom stereocenters. The summed E-state index contributed by atoms with van der Waals surface area (Å²) < 4.78 is 11.1. The van der Waals surface area contributed by atoms with Gasteiger partial charge in [0.25, 0.3) is 0 Å². The molecule has 1 amide bonds. The lowest BCUT2D eigenvalue weighted by molar-refractivity contribution is 0.00929. The summed E-state index contributed by atoms with van der Waals surface area (Å²) in [6, 6.07) is 4.14. The summed E-state index contributed by atoms with van der Waals surface area (Å²) in [4.78, 5) is 21.5. The zero-order chi connectivity index (χ0) is 20.9. The Kier molecular flexibility index (Phi) is 7.09. The van der Waals surface area contributed by atoms with Crippen LogP contribution in [0.3, 0.4) is 0 Å². The highest BCUT2D eigenvalue weighted by Crippen LogP contribution is 2.32. The Labute approximate surface area is 174 Å². The van der Waals surface area contributed by atoms with Crippen molar-refractivity contribution in [1.29, 1.82) is 0 Å². The van der Waals surface area contributed by atoms with Crippen molar-refractivity contribution < 1.29 is 13.9 Å². The summed E-state index contributed by atoms with van der Waals surface area (Å²) in [5.41, 5.74) is -0.459. The van der Waals surface area contributed by atoms with Crippen LogP contribution in [-0.2, 0) is 11.2 Å². The number of amides is 1. The van der Waals surface area contributed by atoms with Crippen molar-refractivity contribution >= 4 is 12.1 Å². The van der Waals surface area contributed by atoms with Gasteiger partial charge in [0.2, 0.25) is 0 Å². The number of aliphatic imine (C=N–C) groups is 1. The van der Waals surface area contributed by atoms with E-state index in [-0.39, 0.29) is 12.1 Å². The van der Waals surface area contributed by atoms with Crippen LogP contribution in [-0.4, -0.2) is 66.7 Å². The Hall–Kier alpha value is -2.18. The number of piperidine rings is 1. The van der Waals surface area contributed by atoms with Crippen molar-refractivity contribution in [2.24, 2.45) is 10.9 Å². The first-order chi connectivity index (χ1) is 13.9. The Balaban J connectivity index is 1.50. The maximum atomic E-state index is 12.8. The molecule has 1 aliphatic heterocycles. The molecule has 0 unspecified atom stereocenters. The molecule has 0 aromatic carbocycles. The lowest BCUT2D eigenvalue weighted by Crippen LogP contribution is -2.52. The van der Waals surface area contributed by atoms with E-state index in [1.165, 1.54) is 12.8 Å². The Bertz CT molecular complexity index is 669. The van der Waals surface area contributed by atoms with Crippen LogP contribution in [0.4, 0.5) is 4.79 Å². The van der Waals surface area contributed by atoms with E-state index >= 15 is 0 Å². The standard InChI is InChI=1S/C22H36N4O3/c1-22(2,3)29-21(27)26(16-17-7-8-17)18-10-13-25(14-11-18)20(23-4)24-12-9-19-6-5-15-28-19/h5-6,15,17-18H,7-14,16H2,1-4H3,(H,23,24). The molecule has 2 heterocycles. The molecule has 1 saturated carbocycles. The highest BCUT2D eigenvalue weighted by molar-refractivity contribution is 5.80. The molecule has 7 heteroatoms. The van der Waals surface area contributed by atoms with Crippen molar-refractivity contribution in [1.82, 2.24) is 15.1 Å². The van der Waals surface area contributed by atoms with Crippen molar-refractivity contribution in [3.63, 3.8) is 0 Å². The van der Waals surface area contributed by atoms with Crippen LogP contribution in [0.1, 0.15) is 52.2 Å². The third-order valence-electron chi connectivity index (χ3n) is 5.43. The van der Waals surface area contributed by atoms with E-state index in [0.717, 1.165) is 57.2 Å². The van der Waals surface area contributed by atoms with Gasteiger partial charge in [0, 0.05) is 45.7 Å². The molecule has 1 aromatic heterocycles. The number of hydrogen-bond donors (Lipinski definition) is 1. The molecule has 1 N–H and O–H groups in total. The lowest BCUT2D eigenvalue weighted by Gasteiger charge is -2.40. The SMILES string of the molecule is CN=C(NCCc1ccco1)N1CCC(N(CC2CC2)C(=O)OC(C)(C)C)CC1. The predicted octanol–water partition coefficient (Wildman–Crippen LogP) is 3.51. The number of guanidine groups is 1. The zero-order valence-corrected chi connectivity index (χ0v) is 18.3. The van der Waals surface area contributed by atoms with Crippen molar-refractivity contribution in [3.8, 4) is 0 Å². The average molecular weight is 405 g/mol. The van der Waals surface area contributed by atoms with Crippen LogP contribution in [0.15, 0.2) is 27.8 Å². The summed E-state index contributed by atoms with van der Waals surface area (Å²) in [6.07, 6.45) is 6.69. The fourth-order valence-corrected chi connectivity index (χ4v) is 3.75. The lowest BCUT2D eigenvalue weighted by atomic mass is 10.0. The second-order valence-electron chi connectivity index (χ2n) is 9.10. The minimum Gasteiger partial charge on any atom is -0.469 e. The van der Waals surface area contributed by atoms with E-state index in [1.807, 2.05) is 44.9 Å². The topological polar surface area (TPSA) is 70.3 Å². The first-order valence-corrected chi connectivity index (χ1v) is 10.8. The van der Waals surface area contributed by atoms with E-state index < -0.39 is 5.60 Å². The van der Waals surface area contributed by atoms with Crippen LogP contribution < -0.4 is 5.32 Å². The Morgan fingerprint density at radius 2 is 2.03 bits per heavy atom. The van der Waals surface area contributed by atoms with Crippen molar-refractivity contribution in [2.45, 2.75) is 64.5 Å². The highest BCUT2D eigenvalue weighted by Gasteiger charge is 2.35. The number of rotatable bonds is 6. The number of carbonyl (C=O) groups excluding carboxylic acids is 1. The third-order valence-corrected chi connectivity index (χ3v) is 5.43. The molecule has 7 nitrogen and oxygen atoms in total. The number of ether oxygens (including phenoxy) is 1. The van der Waals surface area contributed by atoms with Gasteiger partial charge < -0.3 is 24.3 Å². The molecule has 2 fully saturated rings. The largest absolute Gasteiger partial charge is 0.469 e. The second kappa shape index (κ2) is 9.55. The molecule has 0 bridgehead atoms. The number of carbonyl (C=O) groups is 1. The van der Waals surface area contributed by atoms with Gasteiger partial charge in [-0.15, -0.1) is 0 Å². The summed E-state index contributed by atoms with van der Waals surface area (Å²) in [7, 11) is 1.82. The monoisotopic (exact) mass is 404 g/mol. The van der Waals surface area contributed by atoms with E-state index in [0.29, 0.717) is 5.92 Å². The minimum atomic E-state index is -0.459. The molecule has 0 spiro atoms. The third kappa shape index (κ3) is 6.68. The van der Waals surface area contributed by atoms with Gasteiger partial charge >= 0.3 is 6.09 Å². The maximum Gasteiger partial charge on any atom is 0.410 e. The van der Waals surface area contributed by atoms with Crippen LogP contribution in [0.2, 0.25) is 0 Å². The van der Waals surface area contributed by atoms with Crippen LogP contribution in [0.5, 0.6) is 0 Å². The number of nitrogens with one attached hydrogen (secondary N) is 1. The van der Waals surface area contributed by atoms with Gasteiger partial charge in [-0.2, -0.15) is 0 Å². The van der Waals surface area contributed by atoms with Crippen LogP contribution >= 0.6 is 0 Å². The van der Waals surface area contributed by atoms with Crippen molar-refractivity contribution in [3.05, 3.63) is 24.2 Å². The smallest absolute Gasteiger partial charge is 0.410 e. The van der Waals surface area contributed by atoms with E-state index in [9.17, 15) is 4.79 Å². The van der Waals surface area contributed by atoms with Gasteiger partial charge in [-0.1, -0.05) is 0 Å². The highest BCUT2D eigenvalue weighted by atomic mass is 16.6. The van der Waals surface area contributed by atoms with Crippen LogP contribution in [0, 0.1) is 5.92 Å².